The van der Waals surface area contributed by atoms with Gasteiger partial charge in [-0.15, -0.1) is 0 Å². The molecule has 1 atom stereocenters. The molecule has 1 aliphatic rings. The van der Waals surface area contributed by atoms with E-state index in [1.807, 2.05) is 11.0 Å². The minimum absolute atomic E-state index is 0.200. The maximum absolute atomic E-state index is 12.8. The summed E-state index contributed by atoms with van der Waals surface area (Å²) in [6.45, 7) is 2.95. The van der Waals surface area contributed by atoms with Crippen LogP contribution in [0.1, 0.15) is 48.7 Å². The van der Waals surface area contributed by atoms with E-state index in [1.165, 1.54) is 11.1 Å². The number of likely N-dealkylation sites (tertiary alicyclic amines) is 1. The van der Waals surface area contributed by atoms with Crippen LogP contribution in [0, 0.1) is 6.92 Å². The number of aromatic nitrogens is 2. The minimum Gasteiger partial charge on any atom is -0.461 e. The van der Waals surface area contributed by atoms with Gasteiger partial charge >= 0.3 is 0 Å². The summed E-state index contributed by atoms with van der Waals surface area (Å²) in [6, 6.07) is 12.1. The molecule has 0 saturated carbocycles. The zero-order chi connectivity index (χ0) is 18.6. The summed E-state index contributed by atoms with van der Waals surface area (Å²) in [5.41, 5.74) is 2.52. The molecule has 6 nitrogen and oxygen atoms in total. The van der Waals surface area contributed by atoms with Crippen molar-refractivity contribution in [3.8, 4) is 11.6 Å². The molecule has 27 heavy (non-hydrogen) atoms. The molecular formula is C21H23N3O3. The summed E-state index contributed by atoms with van der Waals surface area (Å²) in [4.78, 5) is 19.1. The number of hydrogen-bond donors (Lipinski definition) is 0. The molecule has 0 unspecified atom stereocenters. The number of carbonyl (C=O) groups excluding carboxylic acids is 1. The van der Waals surface area contributed by atoms with Crippen molar-refractivity contribution in [1.82, 2.24) is 15.0 Å². The molecule has 1 saturated heterocycles. The highest BCUT2D eigenvalue weighted by Gasteiger charge is 2.30. The molecule has 2 aromatic heterocycles. The molecule has 0 bridgehead atoms. The van der Waals surface area contributed by atoms with Gasteiger partial charge in [-0.1, -0.05) is 29.4 Å². The largest absolute Gasteiger partial charge is 0.461 e. The van der Waals surface area contributed by atoms with Crippen molar-refractivity contribution in [2.75, 3.05) is 6.54 Å². The lowest BCUT2D eigenvalue weighted by atomic mass is 9.99. The average Bonchev–Trinajstić information content (AvgIpc) is 3.42. The summed E-state index contributed by atoms with van der Waals surface area (Å²) in [6.07, 6.45) is 5.43. The number of aryl methyl sites for hydroxylation is 2. The molecule has 6 heteroatoms. The van der Waals surface area contributed by atoms with Gasteiger partial charge in [0.25, 0.3) is 0 Å². The second kappa shape index (κ2) is 7.78. The third kappa shape index (κ3) is 3.79. The van der Waals surface area contributed by atoms with E-state index in [1.54, 1.807) is 18.4 Å². The molecule has 0 N–H and O–H groups in total. The summed E-state index contributed by atoms with van der Waals surface area (Å²) in [5, 5.41) is 3.92. The van der Waals surface area contributed by atoms with Crippen LogP contribution in [0.15, 0.2) is 51.6 Å². The van der Waals surface area contributed by atoms with E-state index in [2.05, 4.69) is 35.3 Å². The first-order chi connectivity index (χ1) is 13.2. The SMILES string of the molecule is Cc1ccccc1[C@@H]1CCCN1C(=O)CCCc1nc(-c2ccco2)no1. The van der Waals surface area contributed by atoms with Crippen molar-refractivity contribution in [1.29, 1.82) is 0 Å². The Labute approximate surface area is 158 Å². The average molecular weight is 365 g/mol. The fourth-order valence-electron chi connectivity index (χ4n) is 3.75. The lowest BCUT2D eigenvalue weighted by molar-refractivity contribution is -0.132. The Hall–Kier alpha value is -2.89. The van der Waals surface area contributed by atoms with Gasteiger partial charge in [0.2, 0.25) is 17.6 Å². The van der Waals surface area contributed by atoms with Crippen LogP contribution in [-0.4, -0.2) is 27.5 Å². The third-order valence-corrected chi connectivity index (χ3v) is 5.11. The third-order valence-electron chi connectivity index (χ3n) is 5.11. The van der Waals surface area contributed by atoms with Gasteiger partial charge in [0.15, 0.2) is 5.76 Å². The van der Waals surface area contributed by atoms with Gasteiger partial charge in [-0.3, -0.25) is 4.79 Å². The van der Waals surface area contributed by atoms with Crippen LogP contribution in [0.2, 0.25) is 0 Å². The van der Waals surface area contributed by atoms with E-state index in [9.17, 15) is 4.79 Å². The fraction of sp³-hybridized carbons (Fsp3) is 0.381. The van der Waals surface area contributed by atoms with Crippen molar-refractivity contribution in [3.05, 3.63) is 59.7 Å². The first-order valence-electron chi connectivity index (χ1n) is 9.44. The molecule has 3 heterocycles. The molecule has 0 aliphatic carbocycles. The highest BCUT2D eigenvalue weighted by Crippen LogP contribution is 2.34. The summed E-state index contributed by atoms with van der Waals surface area (Å²) < 4.78 is 10.5. The molecule has 0 radical (unpaired) electrons. The van der Waals surface area contributed by atoms with E-state index in [0.29, 0.717) is 36.7 Å². The maximum atomic E-state index is 12.8. The van der Waals surface area contributed by atoms with E-state index >= 15 is 0 Å². The predicted molar refractivity (Wildman–Crippen MR) is 99.8 cm³/mol. The lowest BCUT2D eigenvalue weighted by Crippen LogP contribution is -2.30. The van der Waals surface area contributed by atoms with Crippen LogP contribution in [0.4, 0.5) is 0 Å². The van der Waals surface area contributed by atoms with Crippen molar-refractivity contribution < 1.29 is 13.7 Å². The maximum Gasteiger partial charge on any atom is 0.238 e. The van der Waals surface area contributed by atoms with E-state index in [-0.39, 0.29) is 11.9 Å². The molecule has 1 aromatic carbocycles. The monoisotopic (exact) mass is 365 g/mol. The number of nitrogens with zero attached hydrogens (tertiary/aromatic N) is 3. The summed E-state index contributed by atoms with van der Waals surface area (Å²) >= 11 is 0. The molecule has 140 valence electrons. The van der Waals surface area contributed by atoms with Crippen LogP contribution in [0.3, 0.4) is 0 Å². The van der Waals surface area contributed by atoms with Gasteiger partial charge in [0.05, 0.1) is 12.3 Å². The Morgan fingerprint density at radius 2 is 2.15 bits per heavy atom. The highest BCUT2D eigenvalue weighted by atomic mass is 16.5. The fourth-order valence-corrected chi connectivity index (χ4v) is 3.75. The van der Waals surface area contributed by atoms with Crippen LogP contribution in [-0.2, 0) is 11.2 Å². The lowest BCUT2D eigenvalue weighted by Gasteiger charge is -2.26. The molecule has 3 aromatic rings. The van der Waals surface area contributed by atoms with Crippen molar-refractivity contribution >= 4 is 5.91 Å². The van der Waals surface area contributed by atoms with Gasteiger partial charge in [-0.05, 0) is 49.4 Å². The number of amides is 1. The Kier molecular flexibility index (Phi) is 5.05. The Morgan fingerprint density at radius 1 is 1.26 bits per heavy atom. The highest BCUT2D eigenvalue weighted by molar-refractivity contribution is 5.77. The van der Waals surface area contributed by atoms with Crippen LogP contribution in [0.25, 0.3) is 11.6 Å². The van der Waals surface area contributed by atoms with Crippen LogP contribution < -0.4 is 0 Å². The van der Waals surface area contributed by atoms with E-state index in [4.69, 9.17) is 8.94 Å². The second-order valence-corrected chi connectivity index (χ2v) is 6.94. The molecule has 1 amide bonds. The number of hydrogen-bond acceptors (Lipinski definition) is 5. The second-order valence-electron chi connectivity index (χ2n) is 6.94. The smallest absolute Gasteiger partial charge is 0.238 e. The number of carbonyl (C=O) groups is 1. The van der Waals surface area contributed by atoms with Gasteiger partial charge in [-0.2, -0.15) is 4.98 Å². The van der Waals surface area contributed by atoms with Crippen molar-refractivity contribution in [2.24, 2.45) is 0 Å². The van der Waals surface area contributed by atoms with Crippen molar-refractivity contribution in [2.45, 2.75) is 45.1 Å². The first-order valence-corrected chi connectivity index (χ1v) is 9.44. The zero-order valence-electron chi connectivity index (χ0n) is 15.4. The van der Waals surface area contributed by atoms with Crippen molar-refractivity contribution in [3.63, 3.8) is 0 Å². The quantitative estimate of drug-likeness (QED) is 0.650. The Balaban J connectivity index is 1.33. The molecule has 0 spiro atoms. The summed E-state index contributed by atoms with van der Waals surface area (Å²) in [7, 11) is 0. The standard InChI is InChI=1S/C21H23N3O3/c1-15-7-2-3-8-16(15)17-9-5-13-24(17)20(25)12-4-11-19-22-21(23-27-19)18-10-6-14-26-18/h2-3,6-8,10,14,17H,4-5,9,11-13H2,1H3/t17-/m0/s1. The van der Waals surface area contributed by atoms with Gasteiger partial charge in [0.1, 0.15) is 0 Å². The van der Waals surface area contributed by atoms with Crippen LogP contribution >= 0.6 is 0 Å². The number of benzene rings is 1. The predicted octanol–water partition coefficient (Wildman–Crippen LogP) is 4.32. The Bertz CT molecular complexity index is 901. The topological polar surface area (TPSA) is 72.4 Å². The van der Waals surface area contributed by atoms with Gasteiger partial charge in [0, 0.05) is 19.4 Å². The molecule has 1 aliphatic heterocycles. The normalized spacial score (nSPS) is 16.8. The molecule has 1 fully saturated rings. The minimum atomic E-state index is 0.200. The van der Waals surface area contributed by atoms with E-state index < -0.39 is 0 Å². The van der Waals surface area contributed by atoms with E-state index in [0.717, 1.165) is 19.4 Å². The molecule has 4 rings (SSSR count). The number of furan rings is 1. The molecular weight excluding hydrogens is 342 g/mol. The van der Waals surface area contributed by atoms with Gasteiger partial charge in [-0.25, -0.2) is 0 Å². The zero-order valence-corrected chi connectivity index (χ0v) is 15.4. The first kappa shape index (κ1) is 17.5. The summed E-state index contributed by atoms with van der Waals surface area (Å²) in [5.74, 6) is 1.76. The number of rotatable bonds is 6. The van der Waals surface area contributed by atoms with Gasteiger partial charge < -0.3 is 13.8 Å². The Morgan fingerprint density at radius 3 is 2.96 bits per heavy atom. The van der Waals surface area contributed by atoms with Crippen LogP contribution in [0.5, 0.6) is 0 Å².